The van der Waals surface area contributed by atoms with E-state index in [0.717, 1.165) is 13.0 Å². The van der Waals surface area contributed by atoms with Gasteiger partial charge in [-0.15, -0.1) is 0 Å². The van der Waals surface area contributed by atoms with Gasteiger partial charge in [-0.2, -0.15) is 0 Å². The summed E-state index contributed by atoms with van der Waals surface area (Å²) in [7, 11) is -2.73. The van der Waals surface area contributed by atoms with Crippen molar-refractivity contribution in [1.29, 1.82) is 0 Å². The van der Waals surface area contributed by atoms with Gasteiger partial charge in [-0.05, 0) is 0 Å². The van der Waals surface area contributed by atoms with Crippen LogP contribution >= 0.6 is 0 Å². The zero-order valence-corrected chi connectivity index (χ0v) is 9.41. The molecule has 1 atom stereocenters. The highest BCUT2D eigenvalue weighted by atomic mass is 32.2. The number of nitrogens with two attached hydrogens (primary N) is 1. The Kier molecular flexibility index (Phi) is 3.07. The van der Waals surface area contributed by atoms with E-state index in [-0.39, 0.29) is 6.04 Å². The van der Waals surface area contributed by atoms with E-state index in [9.17, 15) is 8.42 Å². The van der Waals surface area contributed by atoms with Crippen LogP contribution in [0.3, 0.4) is 0 Å². The highest BCUT2D eigenvalue weighted by Crippen LogP contribution is 2.08. The Morgan fingerprint density at radius 1 is 1.27 bits per heavy atom. The quantitative estimate of drug-likeness (QED) is 0.785. The Morgan fingerprint density at radius 3 is 2.60 bits per heavy atom. The summed E-state index contributed by atoms with van der Waals surface area (Å²) in [6.07, 6.45) is 0.801. The maximum Gasteiger partial charge on any atom is 0.156 e. The number of benzene rings is 1. The van der Waals surface area contributed by atoms with Crippen molar-refractivity contribution < 1.29 is 13.7 Å². The van der Waals surface area contributed by atoms with Crippen molar-refractivity contribution in [1.82, 2.24) is 0 Å². The maximum atomic E-state index is 11.2. The number of sulfone groups is 1. The van der Waals surface area contributed by atoms with E-state index >= 15 is 0 Å². The standard InChI is InChI=1S/C11H15NO2S/c13-15(14)7-6-11(9-15)12-8-10-4-2-1-3-5-10/h1-5,11-12H,6-9H2/p+1/t11-/m0/s1. The molecule has 15 heavy (non-hydrogen) atoms. The molecular formula is C11H16NO2S+. The number of rotatable bonds is 3. The lowest BCUT2D eigenvalue weighted by atomic mass is 10.2. The summed E-state index contributed by atoms with van der Waals surface area (Å²) in [5.74, 6) is 0.711. The van der Waals surface area contributed by atoms with Crippen LogP contribution in [0, 0.1) is 0 Å². The lowest BCUT2D eigenvalue weighted by Gasteiger charge is -2.06. The zero-order valence-electron chi connectivity index (χ0n) is 8.59. The molecule has 0 aliphatic carbocycles. The number of quaternary nitrogens is 1. The molecule has 1 heterocycles. The molecule has 82 valence electrons. The van der Waals surface area contributed by atoms with Crippen LogP contribution in [0.2, 0.25) is 0 Å². The molecule has 1 saturated heterocycles. The molecule has 1 aliphatic heterocycles. The summed E-state index contributed by atoms with van der Waals surface area (Å²) in [6, 6.07) is 10.4. The molecule has 3 nitrogen and oxygen atoms in total. The van der Waals surface area contributed by atoms with Gasteiger partial charge < -0.3 is 5.32 Å². The van der Waals surface area contributed by atoms with Crippen LogP contribution in [0.5, 0.6) is 0 Å². The molecule has 4 heteroatoms. The second-order valence-corrected chi connectivity index (χ2v) is 6.32. The van der Waals surface area contributed by atoms with Crippen molar-refractivity contribution in [3.63, 3.8) is 0 Å². The van der Waals surface area contributed by atoms with Crippen molar-refractivity contribution in [3.05, 3.63) is 35.9 Å². The Bertz CT molecular complexity index is 413. The van der Waals surface area contributed by atoms with Crippen molar-refractivity contribution in [3.8, 4) is 0 Å². The van der Waals surface area contributed by atoms with E-state index in [4.69, 9.17) is 0 Å². The molecule has 0 bridgehead atoms. The van der Waals surface area contributed by atoms with Crippen LogP contribution in [0.4, 0.5) is 0 Å². The van der Waals surface area contributed by atoms with E-state index in [1.54, 1.807) is 0 Å². The summed E-state index contributed by atoms with van der Waals surface area (Å²) in [4.78, 5) is 0. The smallest absolute Gasteiger partial charge is 0.156 e. The van der Waals surface area contributed by atoms with Gasteiger partial charge in [0.25, 0.3) is 0 Å². The minimum atomic E-state index is -2.73. The lowest BCUT2D eigenvalue weighted by Crippen LogP contribution is -2.89. The first-order valence-corrected chi connectivity index (χ1v) is 7.05. The predicted octanol–water partition coefficient (Wildman–Crippen LogP) is -0.0629. The molecule has 1 aromatic rings. The van der Waals surface area contributed by atoms with Crippen LogP contribution in [-0.4, -0.2) is 26.0 Å². The molecule has 0 spiro atoms. The van der Waals surface area contributed by atoms with Crippen molar-refractivity contribution in [2.75, 3.05) is 11.5 Å². The highest BCUT2D eigenvalue weighted by Gasteiger charge is 2.30. The monoisotopic (exact) mass is 226 g/mol. The summed E-state index contributed by atoms with van der Waals surface area (Å²) in [5.41, 5.74) is 1.25. The zero-order chi connectivity index (χ0) is 10.7. The van der Waals surface area contributed by atoms with E-state index < -0.39 is 9.84 Å². The third-order valence-corrected chi connectivity index (χ3v) is 4.59. The van der Waals surface area contributed by atoms with Crippen LogP contribution in [0.25, 0.3) is 0 Å². The van der Waals surface area contributed by atoms with Crippen LogP contribution in [0.15, 0.2) is 30.3 Å². The molecule has 1 aromatic carbocycles. The fourth-order valence-corrected chi connectivity index (χ4v) is 3.71. The molecule has 0 unspecified atom stereocenters. The predicted molar refractivity (Wildman–Crippen MR) is 59.1 cm³/mol. The van der Waals surface area contributed by atoms with Crippen molar-refractivity contribution >= 4 is 9.84 Å². The molecule has 2 rings (SSSR count). The van der Waals surface area contributed by atoms with E-state index in [1.807, 2.05) is 18.2 Å². The van der Waals surface area contributed by atoms with Crippen LogP contribution in [0.1, 0.15) is 12.0 Å². The second-order valence-electron chi connectivity index (χ2n) is 4.09. The Balaban J connectivity index is 1.85. The molecule has 1 aliphatic rings. The Hall–Kier alpha value is -0.870. The minimum Gasteiger partial charge on any atom is -0.339 e. The van der Waals surface area contributed by atoms with E-state index in [0.29, 0.717) is 11.5 Å². The molecular weight excluding hydrogens is 210 g/mol. The average molecular weight is 226 g/mol. The number of hydrogen-bond acceptors (Lipinski definition) is 2. The summed E-state index contributed by atoms with van der Waals surface area (Å²) in [6.45, 7) is 0.876. The van der Waals surface area contributed by atoms with Gasteiger partial charge in [0.05, 0.1) is 5.75 Å². The highest BCUT2D eigenvalue weighted by molar-refractivity contribution is 7.91. The topological polar surface area (TPSA) is 50.8 Å². The first-order valence-electron chi connectivity index (χ1n) is 5.23. The summed E-state index contributed by atoms with van der Waals surface area (Å²) >= 11 is 0. The van der Waals surface area contributed by atoms with Gasteiger partial charge in [-0.1, -0.05) is 30.3 Å². The van der Waals surface area contributed by atoms with Gasteiger partial charge in [0, 0.05) is 12.0 Å². The fourth-order valence-electron chi connectivity index (χ4n) is 1.93. The molecule has 0 aromatic heterocycles. The molecule has 1 fully saturated rings. The van der Waals surface area contributed by atoms with E-state index in [1.165, 1.54) is 5.56 Å². The first kappa shape index (κ1) is 10.6. The van der Waals surface area contributed by atoms with Gasteiger partial charge in [0.2, 0.25) is 0 Å². The first-order chi connectivity index (χ1) is 7.16. The van der Waals surface area contributed by atoms with Gasteiger partial charge in [-0.3, -0.25) is 0 Å². The van der Waals surface area contributed by atoms with Gasteiger partial charge in [0.15, 0.2) is 9.84 Å². The fraction of sp³-hybridized carbons (Fsp3) is 0.455. The molecule has 0 radical (unpaired) electrons. The van der Waals surface area contributed by atoms with Gasteiger partial charge in [-0.25, -0.2) is 8.42 Å². The Morgan fingerprint density at radius 2 is 2.00 bits per heavy atom. The van der Waals surface area contributed by atoms with Crippen molar-refractivity contribution in [2.45, 2.75) is 19.0 Å². The van der Waals surface area contributed by atoms with Gasteiger partial charge >= 0.3 is 0 Å². The SMILES string of the molecule is O=S1(=O)CC[C@H]([NH2+]Cc2ccccc2)C1. The third kappa shape index (κ3) is 3.04. The lowest BCUT2D eigenvalue weighted by molar-refractivity contribution is -0.699. The number of hydrogen-bond donors (Lipinski definition) is 1. The molecule has 2 N–H and O–H groups in total. The third-order valence-electron chi connectivity index (χ3n) is 2.80. The van der Waals surface area contributed by atoms with Crippen LogP contribution < -0.4 is 5.32 Å². The maximum absolute atomic E-state index is 11.2. The largest absolute Gasteiger partial charge is 0.339 e. The summed E-state index contributed by atoms with van der Waals surface area (Å²) < 4.78 is 22.5. The van der Waals surface area contributed by atoms with Crippen LogP contribution in [-0.2, 0) is 16.4 Å². The second kappa shape index (κ2) is 4.33. The van der Waals surface area contributed by atoms with Gasteiger partial charge in [0.1, 0.15) is 18.3 Å². The molecule has 0 saturated carbocycles. The van der Waals surface area contributed by atoms with E-state index in [2.05, 4.69) is 17.4 Å². The normalized spacial score (nSPS) is 24.1. The van der Waals surface area contributed by atoms with Crippen molar-refractivity contribution in [2.24, 2.45) is 0 Å². The Labute approximate surface area is 90.4 Å². The summed E-state index contributed by atoms with van der Waals surface area (Å²) in [5, 5.41) is 2.14. The molecule has 0 amide bonds. The average Bonchev–Trinajstić information content (AvgIpc) is 2.57. The minimum absolute atomic E-state index is 0.259.